The van der Waals surface area contributed by atoms with Crippen molar-refractivity contribution in [3.8, 4) is 22.8 Å². The maximum absolute atomic E-state index is 14.1. The summed E-state index contributed by atoms with van der Waals surface area (Å²) in [5, 5.41) is 3.06. The van der Waals surface area contributed by atoms with Gasteiger partial charge >= 0.3 is 0 Å². The third kappa shape index (κ3) is 2.64. The van der Waals surface area contributed by atoms with Crippen molar-refractivity contribution in [2.75, 3.05) is 26.1 Å². The van der Waals surface area contributed by atoms with E-state index in [9.17, 15) is 4.39 Å². The fourth-order valence-corrected chi connectivity index (χ4v) is 1.87. The molecule has 0 radical (unpaired) electrons. The maximum Gasteiger partial charge on any atom is 0.187 e. The van der Waals surface area contributed by atoms with Gasteiger partial charge in [0.2, 0.25) is 0 Å². The Labute approximate surface area is 116 Å². The minimum atomic E-state index is -0.427. The third-order valence-corrected chi connectivity index (χ3v) is 2.78. The van der Waals surface area contributed by atoms with Gasteiger partial charge in [0.05, 0.1) is 14.2 Å². The molecule has 0 unspecified atom stereocenters. The fourth-order valence-electron chi connectivity index (χ4n) is 1.87. The highest BCUT2D eigenvalue weighted by Gasteiger charge is 2.17. The van der Waals surface area contributed by atoms with E-state index >= 15 is 0 Å². The van der Waals surface area contributed by atoms with Gasteiger partial charge in [0.25, 0.3) is 0 Å². The summed E-state index contributed by atoms with van der Waals surface area (Å²) in [6.45, 7) is 2.62. The quantitative estimate of drug-likeness (QED) is 0.910. The van der Waals surface area contributed by atoms with E-state index in [1.807, 2.05) is 6.92 Å². The second-order valence-electron chi connectivity index (χ2n) is 3.98. The molecule has 0 aliphatic heterocycles. The van der Waals surface area contributed by atoms with Crippen molar-refractivity contribution in [1.82, 2.24) is 9.97 Å². The number of rotatable bonds is 5. The Kier molecular flexibility index (Phi) is 4.34. The van der Waals surface area contributed by atoms with Crippen molar-refractivity contribution in [3.05, 3.63) is 30.3 Å². The van der Waals surface area contributed by atoms with Crippen LogP contribution in [0.5, 0.6) is 11.5 Å². The van der Waals surface area contributed by atoms with Gasteiger partial charge in [-0.05, 0) is 19.1 Å². The highest BCUT2D eigenvalue weighted by atomic mass is 19.1. The molecular weight excluding hydrogens is 261 g/mol. The van der Waals surface area contributed by atoms with Gasteiger partial charge in [-0.2, -0.15) is 0 Å². The number of aromatic nitrogens is 2. The number of hydrogen-bond acceptors (Lipinski definition) is 5. The lowest BCUT2D eigenvalue weighted by Crippen LogP contribution is -2.04. The lowest BCUT2D eigenvalue weighted by Gasteiger charge is -2.13. The van der Waals surface area contributed by atoms with Crippen molar-refractivity contribution in [2.45, 2.75) is 6.92 Å². The zero-order chi connectivity index (χ0) is 14.5. The second kappa shape index (κ2) is 6.18. The van der Waals surface area contributed by atoms with Gasteiger partial charge in [-0.25, -0.2) is 14.4 Å². The van der Waals surface area contributed by atoms with Gasteiger partial charge in [0, 0.05) is 18.2 Å². The minimum Gasteiger partial charge on any atom is -0.497 e. The largest absolute Gasteiger partial charge is 0.497 e. The minimum absolute atomic E-state index is 0.337. The van der Waals surface area contributed by atoms with Gasteiger partial charge in [-0.15, -0.1) is 0 Å². The molecule has 0 saturated carbocycles. The van der Waals surface area contributed by atoms with E-state index in [0.717, 1.165) is 0 Å². The van der Waals surface area contributed by atoms with Gasteiger partial charge < -0.3 is 14.8 Å². The van der Waals surface area contributed by atoms with Crippen LogP contribution in [-0.4, -0.2) is 30.7 Å². The summed E-state index contributed by atoms with van der Waals surface area (Å²) in [5.74, 6) is 0.976. The molecule has 2 rings (SSSR count). The molecule has 5 nitrogen and oxygen atoms in total. The summed E-state index contributed by atoms with van der Waals surface area (Å²) in [6, 6.07) is 4.59. The van der Waals surface area contributed by atoms with E-state index < -0.39 is 5.82 Å². The van der Waals surface area contributed by atoms with E-state index in [1.165, 1.54) is 26.6 Å². The van der Waals surface area contributed by atoms with Crippen LogP contribution in [0.25, 0.3) is 11.3 Å². The van der Waals surface area contributed by atoms with Crippen molar-refractivity contribution in [2.24, 2.45) is 0 Å². The SMILES string of the molecule is CCNc1ncnc(-c2ccc(OC)cc2F)c1OC. The predicted octanol–water partition coefficient (Wildman–Crippen LogP) is 2.73. The molecule has 1 aromatic heterocycles. The number of benzene rings is 1. The Hall–Kier alpha value is -2.37. The number of halogens is 1. The van der Waals surface area contributed by atoms with Crippen LogP contribution >= 0.6 is 0 Å². The normalized spacial score (nSPS) is 10.2. The molecule has 1 aromatic carbocycles. The molecule has 0 fully saturated rings. The molecule has 6 heteroatoms. The molecule has 1 heterocycles. The Morgan fingerprint density at radius 1 is 1.20 bits per heavy atom. The highest BCUT2D eigenvalue weighted by molar-refractivity contribution is 5.73. The third-order valence-electron chi connectivity index (χ3n) is 2.78. The number of methoxy groups -OCH3 is 2. The van der Waals surface area contributed by atoms with Crippen molar-refractivity contribution < 1.29 is 13.9 Å². The maximum atomic E-state index is 14.1. The molecule has 0 amide bonds. The van der Waals surface area contributed by atoms with Gasteiger partial charge in [0.1, 0.15) is 23.6 Å². The van der Waals surface area contributed by atoms with E-state index in [4.69, 9.17) is 9.47 Å². The van der Waals surface area contributed by atoms with Crippen molar-refractivity contribution >= 4 is 5.82 Å². The molecule has 0 bridgehead atoms. The van der Waals surface area contributed by atoms with Crippen LogP contribution in [0.4, 0.5) is 10.2 Å². The first-order chi connectivity index (χ1) is 9.71. The molecule has 2 aromatic rings. The summed E-state index contributed by atoms with van der Waals surface area (Å²) >= 11 is 0. The number of hydrogen-bond donors (Lipinski definition) is 1. The van der Waals surface area contributed by atoms with Gasteiger partial charge in [0.15, 0.2) is 11.6 Å². The number of ether oxygens (including phenoxy) is 2. The monoisotopic (exact) mass is 277 g/mol. The van der Waals surface area contributed by atoms with E-state index in [0.29, 0.717) is 35.1 Å². The first kappa shape index (κ1) is 14.0. The summed E-state index contributed by atoms with van der Waals surface area (Å²) in [5.41, 5.74) is 0.739. The lowest BCUT2D eigenvalue weighted by molar-refractivity contribution is 0.410. The predicted molar refractivity (Wildman–Crippen MR) is 74.7 cm³/mol. The molecule has 0 spiro atoms. The number of anilines is 1. The lowest BCUT2D eigenvalue weighted by atomic mass is 10.1. The Balaban J connectivity index is 2.54. The molecular formula is C14H16FN3O2. The summed E-state index contributed by atoms with van der Waals surface area (Å²) in [7, 11) is 2.99. The van der Waals surface area contributed by atoms with Crippen molar-refractivity contribution in [3.63, 3.8) is 0 Å². The Bertz CT molecular complexity index is 605. The molecule has 20 heavy (non-hydrogen) atoms. The second-order valence-corrected chi connectivity index (χ2v) is 3.98. The zero-order valence-corrected chi connectivity index (χ0v) is 11.6. The number of nitrogens with zero attached hydrogens (tertiary/aromatic N) is 2. The van der Waals surface area contributed by atoms with Gasteiger partial charge in [-0.1, -0.05) is 0 Å². The summed E-state index contributed by atoms with van der Waals surface area (Å²) in [6.07, 6.45) is 1.37. The molecule has 0 aliphatic carbocycles. The van der Waals surface area contributed by atoms with Crippen LogP contribution in [0, 0.1) is 5.82 Å². The van der Waals surface area contributed by atoms with Crippen LogP contribution in [0.2, 0.25) is 0 Å². The first-order valence-corrected chi connectivity index (χ1v) is 6.18. The Morgan fingerprint density at radius 3 is 2.60 bits per heavy atom. The van der Waals surface area contributed by atoms with E-state index in [1.54, 1.807) is 12.1 Å². The zero-order valence-electron chi connectivity index (χ0n) is 11.6. The summed E-state index contributed by atoms with van der Waals surface area (Å²) in [4.78, 5) is 8.22. The average molecular weight is 277 g/mol. The highest BCUT2D eigenvalue weighted by Crippen LogP contribution is 2.35. The van der Waals surface area contributed by atoms with Crippen LogP contribution in [0.1, 0.15) is 6.92 Å². The van der Waals surface area contributed by atoms with Crippen LogP contribution in [0.3, 0.4) is 0 Å². The molecule has 1 N–H and O–H groups in total. The molecule has 0 saturated heterocycles. The molecule has 106 valence electrons. The topological polar surface area (TPSA) is 56.3 Å². The average Bonchev–Trinajstić information content (AvgIpc) is 2.47. The molecule has 0 atom stereocenters. The standard InChI is InChI=1S/C14H16FN3O2/c1-4-16-14-13(20-3)12(17-8-18-14)10-6-5-9(19-2)7-11(10)15/h5-8H,4H2,1-3H3,(H,16,17,18). The van der Waals surface area contributed by atoms with E-state index in [-0.39, 0.29) is 0 Å². The number of nitrogens with one attached hydrogen (secondary N) is 1. The molecule has 0 aliphatic rings. The van der Waals surface area contributed by atoms with E-state index in [2.05, 4.69) is 15.3 Å². The van der Waals surface area contributed by atoms with Crippen LogP contribution in [0.15, 0.2) is 24.5 Å². The fraction of sp³-hybridized carbons (Fsp3) is 0.286. The van der Waals surface area contributed by atoms with Crippen molar-refractivity contribution in [1.29, 1.82) is 0 Å². The van der Waals surface area contributed by atoms with Crippen LogP contribution in [-0.2, 0) is 0 Å². The van der Waals surface area contributed by atoms with Gasteiger partial charge in [-0.3, -0.25) is 0 Å². The first-order valence-electron chi connectivity index (χ1n) is 6.18. The van der Waals surface area contributed by atoms with Crippen LogP contribution < -0.4 is 14.8 Å². The smallest absolute Gasteiger partial charge is 0.187 e. The Morgan fingerprint density at radius 2 is 2.00 bits per heavy atom. The summed E-state index contributed by atoms with van der Waals surface area (Å²) < 4.78 is 24.4.